The van der Waals surface area contributed by atoms with E-state index >= 15 is 0 Å². The van der Waals surface area contributed by atoms with Gasteiger partial charge in [-0.25, -0.2) is 0 Å². The summed E-state index contributed by atoms with van der Waals surface area (Å²) in [5.74, 6) is 0.0649. The van der Waals surface area contributed by atoms with Crippen LogP contribution in [-0.2, 0) is 16.8 Å². The Morgan fingerprint density at radius 3 is 2.56 bits per heavy atom. The van der Waals surface area contributed by atoms with Crippen LogP contribution in [0.5, 0.6) is 0 Å². The van der Waals surface area contributed by atoms with Gasteiger partial charge in [-0.15, -0.1) is 0 Å². The summed E-state index contributed by atoms with van der Waals surface area (Å²) in [6, 6.07) is 6.11. The minimum atomic E-state index is -1.00. The SMILES string of the molecule is Cc1ccc2c(c1)C(O)(C(C)(C)C(=O)C(C)C)C2. The topological polar surface area (TPSA) is 37.3 Å². The first kappa shape index (κ1) is 13.3. The van der Waals surface area contributed by atoms with Gasteiger partial charge in [-0.05, 0) is 31.9 Å². The third kappa shape index (κ3) is 1.63. The second kappa shape index (κ2) is 3.92. The van der Waals surface area contributed by atoms with E-state index in [4.69, 9.17) is 0 Å². The third-order valence-corrected chi connectivity index (χ3v) is 4.33. The van der Waals surface area contributed by atoms with Crippen LogP contribution in [0.25, 0.3) is 0 Å². The lowest BCUT2D eigenvalue weighted by molar-refractivity contribution is -0.153. The number of ketones is 1. The highest BCUT2D eigenvalue weighted by atomic mass is 16.3. The minimum Gasteiger partial charge on any atom is -0.384 e. The number of carbonyl (C=O) groups excluding carboxylic acids is 1. The van der Waals surface area contributed by atoms with Crippen LogP contribution < -0.4 is 0 Å². The fraction of sp³-hybridized carbons (Fsp3) is 0.562. The number of carbonyl (C=O) groups is 1. The zero-order chi connectivity index (χ0) is 13.7. The maximum atomic E-state index is 12.3. The second-order valence-corrected chi connectivity index (χ2v) is 6.34. The van der Waals surface area contributed by atoms with Crippen molar-refractivity contribution >= 4 is 5.78 Å². The highest BCUT2D eigenvalue weighted by Crippen LogP contribution is 2.52. The molecule has 0 amide bonds. The van der Waals surface area contributed by atoms with Gasteiger partial charge in [-0.1, -0.05) is 37.6 Å². The Labute approximate surface area is 109 Å². The molecule has 1 unspecified atom stereocenters. The van der Waals surface area contributed by atoms with Crippen LogP contribution in [0.4, 0.5) is 0 Å². The molecule has 1 aliphatic rings. The molecule has 0 saturated carbocycles. The number of rotatable bonds is 3. The number of aliphatic hydroxyl groups is 1. The monoisotopic (exact) mass is 246 g/mol. The summed E-state index contributed by atoms with van der Waals surface area (Å²) in [7, 11) is 0. The largest absolute Gasteiger partial charge is 0.384 e. The molecule has 1 N–H and O–H groups in total. The molecule has 2 heteroatoms. The van der Waals surface area contributed by atoms with Crippen LogP contribution in [0.3, 0.4) is 0 Å². The molecule has 0 radical (unpaired) electrons. The average Bonchev–Trinajstić information content (AvgIpc) is 2.28. The van der Waals surface area contributed by atoms with E-state index < -0.39 is 11.0 Å². The standard InChI is InChI=1S/C16H22O2/c1-10(2)14(17)15(4,5)16(18)9-12-7-6-11(3)8-13(12)16/h6-8,10,18H,9H2,1-5H3. The van der Waals surface area contributed by atoms with Crippen LogP contribution in [0.1, 0.15) is 44.4 Å². The molecule has 2 rings (SSSR count). The van der Waals surface area contributed by atoms with Gasteiger partial charge in [-0.3, -0.25) is 4.79 Å². The van der Waals surface area contributed by atoms with Crippen molar-refractivity contribution in [1.82, 2.24) is 0 Å². The second-order valence-electron chi connectivity index (χ2n) is 6.34. The van der Waals surface area contributed by atoms with E-state index in [9.17, 15) is 9.90 Å². The predicted molar refractivity (Wildman–Crippen MR) is 72.4 cm³/mol. The van der Waals surface area contributed by atoms with E-state index in [0.717, 1.165) is 16.7 Å². The summed E-state index contributed by atoms with van der Waals surface area (Å²) >= 11 is 0. The zero-order valence-electron chi connectivity index (χ0n) is 11.9. The summed E-state index contributed by atoms with van der Waals surface area (Å²) < 4.78 is 0. The van der Waals surface area contributed by atoms with Crippen molar-refractivity contribution in [2.24, 2.45) is 11.3 Å². The first-order valence-electron chi connectivity index (χ1n) is 6.57. The van der Waals surface area contributed by atoms with Gasteiger partial charge in [-0.2, -0.15) is 0 Å². The van der Waals surface area contributed by atoms with Crippen molar-refractivity contribution in [3.8, 4) is 0 Å². The Balaban J connectivity index is 2.44. The molecule has 0 aliphatic heterocycles. The lowest BCUT2D eigenvalue weighted by atomic mass is 9.57. The van der Waals surface area contributed by atoms with E-state index in [0.29, 0.717) is 6.42 Å². The Morgan fingerprint density at radius 1 is 1.39 bits per heavy atom. The fourth-order valence-electron chi connectivity index (χ4n) is 2.98. The Kier molecular flexibility index (Phi) is 2.90. The lowest BCUT2D eigenvalue weighted by Crippen LogP contribution is -2.55. The van der Waals surface area contributed by atoms with Crippen molar-refractivity contribution in [3.63, 3.8) is 0 Å². The molecular weight excluding hydrogens is 224 g/mol. The molecule has 0 heterocycles. The summed E-state index contributed by atoms with van der Waals surface area (Å²) in [6.45, 7) is 9.52. The van der Waals surface area contributed by atoms with E-state index in [1.54, 1.807) is 0 Å². The molecule has 0 aromatic heterocycles. The lowest BCUT2D eigenvalue weighted by Gasteiger charge is -2.50. The van der Waals surface area contributed by atoms with Crippen LogP contribution in [0.15, 0.2) is 18.2 Å². The molecule has 0 fully saturated rings. The van der Waals surface area contributed by atoms with Gasteiger partial charge in [0.15, 0.2) is 0 Å². The molecule has 0 spiro atoms. The summed E-state index contributed by atoms with van der Waals surface area (Å²) in [4.78, 5) is 12.3. The molecule has 0 bridgehead atoms. The van der Waals surface area contributed by atoms with Crippen LogP contribution in [0, 0.1) is 18.3 Å². The summed E-state index contributed by atoms with van der Waals surface area (Å²) in [5, 5.41) is 10.9. The number of Topliss-reactive ketones (excluding diaryl/α,β-unsaturated/α-hetero) is 1. The Morgan fingerprint density at radius 2 is 2.00 bits per heavy atom. The fourth-order valence-corrected chi connectivity index (χ4v) is 2.98. The van der Waals surface area contributed by atoms with Gasteiger partial charge in [0.05, 0.1) is 5.41 Å². The first-order chi connectivity index (χ1) is 8.20. The van der Waals surface area contributed by atoms with Gasteiger partial charge in [0.25, 0.3) is 0 Å². The zero-order valence-corrected chi connectivity index (χ0v) is 11.9. The quantitative estimate of drug-likeness (QED) is 0.890. The van der Waals surface area contributed by atoms with Crippen molar-refractivity contribution in [2.45, 2.75) is 46.6 Å². The number of aryl methyl sites for hydroxylation is 1. The number of hydrogen-bond acceptors (Lipinski definition) is 2. The average molecular weight is 246 g/mol. The third-order valence-electron chi connectivity index (χ3n) is 4.33. The van der Waals surface area contributed by atoms with Crippen molar-refractivity contribution < 1.29 is 9.90 Å². The van der Waals surface area contributed by atoms with Gasteiger partial charge in [0.1, 0.15) is 11.4 Å². The molecule has 1 aliphatic carbocycles. The highest BCUT2D eigenvalue weighted by Gasteiger charge is 2.55. The first-order valence-corrected chi connectivity index (χ1v) is 6.57. The van der Waals surface area contributed by atoms with Gasteiger partial charge >= 0.3 is 0 Å². The van der Waals surface area contributed by atoms with Crippen LogP contribution in [-0.4, -0.2) is 10.9 Å². The van der Waals surface area contributed by atoms with E-state index in [1.165, 1.54) is 0 Å². The van der Waals surface area contributed by atoms with Crippen molar-refractivity contribution in [2.75, 3.05) is 0 Å². The van der Waals surface area contributed by atoms with Crippen LogP contribution in [0.2, 0.25) is 0 Å². The Bertz CT molecular complexity index is 500. The molecule has 0 saturated heterocycles. The van der Waals surface area contributed by atoms with Crippen LogP contribution >= 0.6 is 0 Å². The van der Waals surface area contributed by atoms with Crippen molar-refractivity contribution in [3.05, 3.63) is 34.9 Å². The Hall–Kier alpha value is -1.15. The van der Waals surface area contributed by atoms with E-state index in [1.807, 2.05) is 40.7 Å². The number of fused-ring (bicyclic) bond motifs is 1. The number of benzene rings is 1. The molecule has 2 nitrogen and oxygen atoms in total. The maximum absolute atomic E-state index is 12.3. The van der Waals surface area contributed by atoms with Gasteiger partial charge in [0, 0.05) is 12.3 Å². The van der Waals surface area contributed by atoms with Gasteiger partial charge in [0.2, 0.25) is 0 Å². The normalized spacial score (nSPS) is 22.6. The highest BCUT2D eigenvalue weighted by molar-refractivity contribution is 5.88. The summed E-state index contributed by atoms with van der Waals surface area (Å²) in [6.07, 6.45) is 0.577. The molecule has 1 aromatic rings. The predicted octanol–water partition coefficient (Wildman–Crippen LogP) is 2.99. The van der Waals surface area contributed by atoms with Crippen molar-refractivity contribution in [1.29, 1.82) is 0 Å². The van der Waals surface area contributed by atoms with Gasteiger partial charge < -0.3 is 5.11 Å². The molecule has 1 aromatic carbocycles. The number of hydrogen-bond donors (Lipinski definition) is 1. The van der Waals surface area contributed by atoms with E-state index in [2.05, 4.69) is 12.1 Å². The molecule has 98 valence electrons. The molecule has 1 atom stereocenters. The smallest absolute Gasteiger partial charge is 0.144 e. The maximum Gasteiger partial charge on any atom is 0.144 e. The van der Waals surface area contributed by atoms with E-state index in [-0.39, 0.29) is 11.7 Å². The molecular formula is C16H22O2. The summed E-state index contributed by atoms with van der Waals surface area (Å²) in [5.41, 5.74) is 1.48. The molecule has 18 heavy (non-hydrogen) atoms. The minimum absolute atomic E-state index is 0.0575.